The molecule has 0 radical (unpaired) electrons. The molecule has 1 amide bonds. The minimum atomic E-state index is -0.539. The number of rotatable bonds is 5. The normalized spacial score (nSPS) is 11.9. The molecular weight excluding hydrogens is 276 g/mol. The number of halogens is 1. The quantitative estimate of drug-likeness (QED) is 0.888. The van der Waals surface area contributed by atoms with Gasteiger partial charge in [0.2, 0.25) is 0 Å². The first kappa shape index (κ1) is 14.4. The highest BCUT2D eigenvalue weighted by atomic mass is 35.5. The van der Waals surface area contributed by atoms with E-state index in [9.17, 15) is 4.79 Å². The van der Waals surface area contributed by atoms with Crippen molar-refractivity contribution in [1.29, 1.82) is 0 Å². The van der Waals surface area contributed by atoms with E-state index in [4.69, 9.17) is 27.8 Å². The van der Waals surface area contributed by atoms with Gasteiger partial charge in [0.05, 0.1) is 5.56 Å². The second-order valence-electron chi connectivity index (χ2n) is 4.26. The maximum atomic E-state index is 11.4. The van der Waals surface area contributed by atoms with Crippen molar-refractivity contribution in [2.45, 2.75) is 6.10 Å². The van der Waals surface area contributed by atoms with Gasteiger partial charge in [-0.2, -0.15) is 0 Å². The first-order valence-electron chi connectivity index (χ1n) is 6.13. The lowest BCUT2D eigenvalue weighted by Crippen LogP contribution is -2.20. The summed E-state index contributed by atoms with van der Waals surface area (Å²) in [5, 5.41) is 0.604. The van der Waals surface area contributed by atoms with Gasteiger partial charge in [-0.3, -0.25) is 4.79 Å². The molecule has 2 rings (SSSR count). The number of nitrogens with two attached hydrogens (primary N) is 2. The lowest BCUT2D eigenvalue weighted by Gasteiger charge is -2.19. The highest BCUT2D eigenvalue weighted by Gasteiger charge is 2.15. The molecule has 0 heterocycles. The van der Waals surface area contributed by atoms with E-state index in [0.29, 0.717) is 16.3 Å². The number of benzene rings is 2. The average Bonchev–Trinajstić information content (AvgIpc) is 2.45. The fourth-order valence-corrected chi connectivity index (χ4v) is 2.08. The van der Waals surface area contributed by atoms with Crippen LogP contribution in [-0.4, -0.2) is 12.5 Å². The Morgan fingerprint density at radius 1 is 1.20 bits per heavy atom. The zero-order valence-electron chi connectivity index (χ0n) is 10.8. The number of amides is 1. The third-order valence-corrected chi connectivity index (χ3v) is 3.09. The van der Waals surface area contributed by atoms with Gasteiger partial charge in [-0.15, -0.1) is 0 Å². The molecule has 0 saturated carbocycles. The number of hydrogen-bond acceptors (Lipinski definition) is 3. The molecule has 0 aliphatic carbocycles. The molecule has 4 nitrogen and oxygen atoms in total. The summed E-state index contributed by atoms with van der Waals surface area (Å²) in [6.07, 6.45) is -0.394. The van der Waals surface area contributed by atoms with Gasteiger partial charge in [0, 0.05) is 11.6 Å². The molecule has 104 valence electrons. The minimum absolute atomic E-state index is 0.257. The number of para-hydroxylation sites is 1. The second kappa shape index (κ2) is 6.41. The highest BCUT2D eigenvalue weighted by Crippen LogP contribution is 2.26. The first-order chi connectivity index (χ1) is 9.61. The van der Waals surface area contributed by atoms with Gasteiger partial charge in [0.1, 0.15) is 11.9 Å². The monoisotopic (exact) mass is 290 g/mol. The van der Waals surface area contributed by atoms with Crippen LogP contribution in [0.3, 0.4) is 0 Å². The fraction of sp³-hybridized carbons (Fsp3) is 0.133. The molecule has 0 aliphatic rings. The van der Waals surface area contributed by atoms with Crippen molar-refractivity contribution < 1.29 is 9.53 Å². The maximum absolute atomic E-state index is 11.4. The van der Waals surface area contributed by atoms with Gasteiger partial charge in [-0.05, 0) is 29.8 Å². The summed E-state index contributed by atoms with van der Waals surface area (Å²) < 4.78 is 5.81. The molecule has 1 atom stereocenters. The molecule has 2 aromatic carbocycles. The summed E-state index contributed by atoms with van der Waals surface area (Å²) in [6.45, 7) is 0.257. The molecule has 1 unspecified atom stereocenters. The molecule has 4 N–H and O–H groups in total. The van der Waals surface area contributed by atoms with Crippen molar-refractivity contribution in [3.05, 3.63) is 64.7 Å². The molecule has 0 spiro atoms. The maximum Gasteiger partial charge on any atom is 0.252 e. The Bertz CT molecular complexity index is 616. The van der Waals surface area contributed by atoms with Crippen molar-refractivity contribution >= 4 is 17.5 Å². The van der Waals surface area contributed by atoms with Crippen molar-refractivity contribution in [1.82, 2.24) is 0 Å². The van der Waals surface area contributed by atoms with Gasteiger partial charge in [-0.25, -0.2) is 0 Å². The van der Waals surface area contributed by atoms with Gasteiger partial charge < -0.3 is 16.2 Å². The lowest BCUT2D eigenvalue weighted by atomic mass is 10.1. The minimum Gasteiger partial charge on any atom is -0.484 e. The van der Waals surface area contributed by atoms with Crippen LogP contribution in [0.4, 0.5) is 0 Å². The second-order valence-corrected chi connectivity index (χ2v) is 4.69. The zero-order valence-corrected chi connectivity index (χ0v) is 11.5. The van der Waals surface area contributed by atoms with Crippen LogP contribution in [0.2, 0.25) is 5.02 Å². The van der Waals surface area contributed by atoms with E-state index >= 15 is 0 Å². The van der Waals surface area contributed by atoms with E-state index in [1.54, 1.807) is 36.4 Å². The van der Waals surface area contributed by atoms with Crippen LogP contribution in [0.15, 0.2) is 48.5 Å². The SMILES string of the molecule is NCC(Oc1ccccc1C(N)=O)c1cccc(Cl)c1. The molecule has 5 heteroatoms. The van der Waals surface area contributed by atoms with Crippen LogP contribution in [0.5, 0.6) is 5.75 Å². The van der Waals surface area contributed by atoms with Crippen molar-refractivity contribution in [3.63, 3.8) is 0 Å². The predicted molar refractivity (Wildman–Crippen MR) is 78.8 cm³/mol. The van der Waals surface area contributed by atoms with Crippen molar-refractivity contribution in [3.8, 4) is 5.75 Å². The van der Waals surface area contributed by atoms with Gasteiger partial charge >= 0.3 is 0 Å². The highest BCUT2D eigenvalue weighted by molar-refractivity contribution is 6.30. The molecule has 2 aromatic rings. The van der Waals surface area contributed by atoms with Crippen LogP contribution in [0.25, 0.3) is 0 Å². The number of primary amides is 1. The van der Waals surface area contributed by atoms with Crippen LogP contribution < -0.4 is 16.2 Å². The zero-order chi connectivity index (χ0) is 14.5. The van der Waals surface area contributed by atoms with E-state index in [1.807, 2.05) is 12.1 Å². The molecule has 20 heavy (non-hydrogen) atoms. The number of ether oxygens (including phenoxy) is 1. The Morgan fingerprint density at radius 2 is 1.95 bits per heavy atom. The van der Waals surface area contributed by atoms with E-state index < -0.39 is 12.0 Å². The number of carbonyl (C=O) groups is 1. The predicted octanol–water partition coefficient (Wildman–Crippen LogP) is 2.52. The molecule has 0 saturated heterocycles. The van der Waals surface area contributed by atoms with Crippen LogP contribution in [-0.2, 0) is 0 Å². The van der Waals surface area contributed by atoms with Crippen LogP contribution >= 0.6 is 11.6 Å². The standard InChI is InChI=1S/C15H15ClN2O2/c16-11-5-3-4-10(8-11)14(9-17)20-13-7-2-1-6-12(13)15(18)19/h1-8,14H,9,17H2,(H2,18,19). The summed E-state index contributed by atoms with van der Waals surface area (Å²) in [7, 11) is 0. The summed E-state index contributed by atoms with van der Waals surface area (Å²) in [6, 6.07) is 14.1. The number of hydrogen-bond donors (Lipinski definition) is 2. The Balaban J connectivity index is 2.29. The third-order valence-electron chi connectivity index (χ3n) is 2.86. The van der Waals surface area contributed by atoms with Gasteiger partial charge in [-0.1, -0.05) is 35.9 Å². The molecule has 0 bridgehead atoms. The topological polar surface area (TPSA) is 78.3 Å². The van der Waals surface area contributed by atoms with E-state index in [-0.39, 0.29) is 6.54 Å². The molecule has 0 aliphatic heterocycles. The Morgan fingerprint density at radius 3 is 2.60 bits per heavy atom. The smallest absolute Gasteiger partial charge is 0.252 e. The Kier molecular flexibility index (Phi) is 4.61. The Labute approximate surface area is 122 Å². The lowest BCUT2D eigenvalue weighted by molar-refractivity contribution is 0.0993. The number of carbonyl (C=O) groups excluding carboxylic acids is 1. The summed E-state index contributed by atoms with van der Waals surface area (Å²) in [5.41, 5.74) is 12.2. The largest absolute Gasteiger partial charge is 0.484 e. The molecule has 0 aromatic heterocycles. The third kappa shape index (κ3) is 3.29. The molecular formula is C15H15ClN2O2. The van der Waals surface area contributed by atoms with E-state index in [2.05, 4.69) is 0 Å². The first-order valence-corrected chi connectivity index (χ1v) is 6.50. The van der Waals surface area contributed by atoms with E-state index in [0.717, 1.165) is 5.56 Å². The average molecular weight is 291 g/mol. The van der Waals surface area contributed by atoms with Gasteiger partial charge in [0.25, 0.3) is 5.91 Å². The Hall–Kier alpha value is -2.04. The summed E-state index contributed by atoms with van der Waals surface area (Å²) in [4.78, 5) is 11.4. The summed E-state index contributed by atoms with van der Waals surface area (Å²) >= 11 is 5.96. The fourth-order valence-electron chi connectivity index (χ4n) is 1.89. The van der Waals surface area contributed by atoms with Crippen LogP contribution in [0, 0.1) is 0 Å². The molecule has 0 fully saturated rings. The van der Waals surface area contributed by atoms with Crippen LogP contribution in [0.1, 0.15) is 22.0 Å². The van der Waals surface area contributed by atoms with E-state index in [1.165, 1.54) is 0 Å². The summed E-state index contributed by atoms with van der Waals surface area (Å²) in [5.74, 6) is -0.127. The van der Waals surface area contributed by atoms with Crippen molar-refractivity contribution in [2.75, 3.05) is 6.54 Å². The van der Waals surface area contributed by atoms with Crippen molar-refractivity contribution in [2.24, 2.45) is 11.5 Å². The van der Waals surface area contributed by atoms with Gasteiger partial charge in [0.15, 0.2) is 0 Å².